The molecule has 8 nitrogen and oxygen atoms in total. The first-order valence-electron chi connectivity index (χ1n) is 11.6. The van der Waals surface area contributed by atoms with Gasteiger partial charge in [-0.1, -0.05) is 60.7 Å². The minimum absolute atomic E-state index is 0.0221. The number of hydrogen-bond acceptors (Lipinski definition) is 5. The number of nitrogens with two attached hydrogens (primary N) is 1. The molecule has 0 spiro atoms. The summed E-state index contributed by atoms with van der Waals surface area (Å²) in [5.41, 5.74) is 8.31. The van der Waals surface area contributed by atoms with E-state index < -0.39 is 29.9 Å². The van der Waals surface area contributed by atoms with Crippen molar-refractivity contribution in [2.45, 2.75) is 25.9 Å². The summed E-state index contributed by atoms with van der Waals surface area (Å²) in [5.74, 6) is -1.68. The van der Waals surface area contributed by atoms with Gasteiger partial charge in [-0.15, -0.1) is 0 Å². The molecule has 3 aromatic carbocycles. The molecule has 0 aromatic heterocycles. The van der Waals surface area contributed by atoms with Gasteiger partial charge in [0.2, 0.25) is 0 Å². The zero-order valence-electron chi connectivity index (χ0n) is 19.6. The molecule has 186 valence electrons. The number of amides is 3. The molecule has 9 heteroatoms. The van der Waals surface area contributed by atoms with Gasteiger partial charge in [-0.2, -0.15) is 0 Å². The van der Waals surface area contributed by atoms with Crippen molar-refractivity contribution >= 4 is 17.9 Å². The van der Waals surface area contributed by atoms with Crippen molar-refractivity contribution in [1.82, 2.24) is 15.1 Å². The highest BCUT2D eigenvalue weighted by Gasteiger charge is 2.43. The third-order valence-electron chi connectivity index (χ3n) is 5.87. The molecular weight excluding hydrogens is 463 g/mol. The van der Waals surface area contributed by atoms with Crippen molar-refractivity contribution in [2.75, 3.05) is 13.1 Å². The van der Waals surface area contributed by atoms with Crippen LogP contribution in [0.1, 0.15) is 27.0 Å². The van der Waals surface area contributed by atoms with Crippen LogP contribution in [-0.4, -0.2) is 47.0 Å². The highest BCUT2D eigenvalue weighted by atomic mass is 19.1. The second kappa shape index (κ2) is 11.5. The second-order valence-corrected chi connectivity index (χ2v) is 8.36. The minimum Gasteiger partial charge on any atom is -0.444 e. The average molecular weight is 491 g/mol. The molecule has 1 atom stereocenters. The van der Waals surface area contributed by atoms with Gasteiger partial charge in [-0.05, 0) is 34.9 Å². The molecular formula is C27H27FN4O4. The molecule has 1 aliphatic heterocycles. The van der Waals surface area contributed by atoms with Crippen LogP contribution in [0.15, 0.2) is 78.9 Å². The Hall–Kier alpha value is -4.24. The van der Waals surface area contributed by atoms with Crippen LogP contribution in [-0.2, 0) is 29.2 Å². The molecule has 1 heterocycles. The van der Waals surface area contributed by atoms with E-state index in [2.05, 4.69) is 5.32 Å². The number of nitrogens with one attached hydrogen (secondary N) is 1. The molecule has 0 aliphatic carbocycles. The first-order valence-corrected chi connectivity index (χ1v) is 11.6. The summed E-state index contributed by atoms with van der Waals surface area (Å²) in [7, 11) is 0. The molecule has 1 aliphatic rings. The largest absolute Gasteiger partial charge is 0.444 e. The van der Waals surface area contributed by atoms with E-state index in [9.17, 15) is 18.8 Å². The SMILES string of the molecule is NCc1cccc(CNC(=O)C2N(C(=O)OCc3ccccc3)CCN2C(=O)c2cccc(F)c2)c1. The summed E-state index contributed by atoms with van der Waals surface area (Å²) in [6, 6.07) is 21.8. The number of benzene rings is 3. The number of rotatable bonds is 7. The lowest BCUT2D eigenvalue weighted by Gasteiger charge is -2.28. The van der Waals surface area contributed by atoms with E-state index in [4.69, 9.17) is 10.5 Å². The average Bonchev–Trinajstić information content (AvgIpc) is 3.36. The van der Waals surface area contributed by atoms with Crippen molar-refractivity contribution < 1.29 is 23.5 Å². The maximum absolute atomic E-state index is 13.8. The topological polar surface area (TPSA) is 105 Å². The number of hydrogen-bond donors (Lipinski definition) is 2. The highest BCUT2D eigenvalue weighted by Crippen LogP contribution is 2.21. The van der Waals surface area contributed by atoms with E-state index in [0.29, 0.717) is 6.54 Å². The third kappa shape index (κ3) is 5.87. The Kier molecular flexibility index (Phi) is 7.92. The standard InChI is InChI=1S/C27H27FN4O4/c28-23-11-5-10-22(15-23)26(34)31-12-13-32(27(35)36-18-19-6-2-1-3-7-19)25(31)24(33)30-17-21-9-4-8-20(14-21)16-29/h1-11,14-15,25H,12-13,16-18,29H2,(H,30,33). The summed E-state index contributed by atoms with van der Waals surface area (Å²) >= 11 is 0. The molecule has 4 rings (SSSR count). The first kappa shape index (κ1) is 24.9. The minimum atomic E-state index is -1.25. The molecule has 0 radical (unpaired) electrons. The molecule has 1 unspecified atom stereocenters. The first-order chi connectivity index (χ1) is 17.5. The summed E-state index contributed by atoms with van der Waals surface area (Å²) in [5, 5.41) is 2.80. The van der Waals surface area contributed by atoms with E-state index in [1.807, 2.05) is 54.6 Å². The zero-order chi connectivity index (χ0) is 25.5. The predicted molar refractivity (Wildman–Crippen MR) is 131 cm³/mol. The normalized spacial score (nSPS) is 15.0. The Morgan fingerprint density at radius 2 is 1.58 bits per heavy atom. The van der Waals surface area contributed by atoms with Gasteiger partial charge >= 0.3 is 6.09 Å². The Morgan fingerprint density at radius 1 is 0.889 bits per heavy atom. The third-order valence-corrected chi connectivity index (χ3v) is 5.87. The van der Waals surface area contributed by atoms with Crippen LogP contribution >= 0.6 is 0 Å². The van der Waals surface area contributed by atoms with Crippen LogP contribution in [0, 0.1) is 5.82 Å². The van der Waals surface area contributed by atoms with Crippen LogP contribution in [0.3, 0.4) is 0 Å². The second-order valence-electron chi connectivity index (χ2n) is 8.36. The zero-order valence-corrected chi connectivity index (χ0v) is 19.6. The maximum Gasteiger partial charge on any atom is 0.412 e. The molecule has 0 saturated carbocycles. The number of carbonyl (C=O) groups excluding carboxylic acids is 3. The Morgan fingerprint density at radius 3 is 2.33 bits per heavy atom. The van der Waals surface area contributed by atoms with Gasteiger partial charge in [-0.25, -0.2) is 9.18 Å². The fraction of sp³-hybridized carbons (Fsp3) is 0.222. The van der Waals surface area contributed by atoms with Crippen molar-refractivity contribution in [1.29, 1.82) is 0 Å². The number of nitrogens with zero attached hydrogens (tertiary/aromatic N) is 2. The van der Waals surface area contributed by atoms with Crippen molar-refractivity contribution in [2.24, 2.45) is 5.73 Å². The van der Waals surface area contributed by atoms with Gasteiger partial charge < -0.3 is 20.7 Å². The molecule has 0 bridgehead atoms. The number of carbonyl (C=O) groups is 3. The molecule has 3 N–H and O–H groups in total. The quantitative estimate of drug-likeness (QED) is 0.530. The molecule has 3 aromatic rings. The Balaban J connectivity index is 1.52. The monoisotopic (exact) mass is 490 g/mol. The van der Waals surface area contributed by atoms with E-state index in [-0.39, 0.29) is 31.8 Å². The van der Waals surface area contributed by atoms with Crippen LogP contribution in [0.4, 0.5) is 9.18 Å². The fourth-order valence-corrected chi connectivity index (χ4v) is 4.05. The lowest BCUT2D eigenvalue weighted by molar-refractivity contribution is -0.128. The van der Waals surface area contributed by atoms with Gasteiger partial charge in [0.05, 0.1) is 0 Å². The predicted octanol–water partition coefficient (Wildman–Crippen LogP) is 3.02. The van der Waals surface area contributed by atoms with Gasteiger partial charge in [-0.3, -0.25) is 14.5 Å². The van der Waals surface area contributed by atoms with Crippen LogP contribution in [0.2, 0.25) is 0 Å². The summed E-state index contributed by atoms with van der Waals surface area (Å²) in [6.45, 7) is 0.750. The van der Waals surface area contributed by atoms with Crippen LogP contribution in [0.5, 0.6) is 0 Å². The number of ether oxygens (including phenoxy) is 1. The smallest absolute Gasteiger partial charge is 0.412 e. The molecule has 1 saturated heterocycles. The van der Waals surface area contributed by atoms with Gasteiger partial charge in [0, 0.05) is 31.7 Å². The molecule has 36 heavy (non-hydrogen) atoms. The summed E-state index contributed by atoms with van der Waals surface area (Å²) in [4.78, 5) is 42.0. The van der Waals surface area contributed by atoms with Crippen molar-refractivity contribution in [3.05, 3.63) is 107 Å². The fourth-order valence-electron chi connectivity index (χ4n) is 4.05. The van der Waals surface area contributed by atoms with E-state index in [1.165, 1.54) is 28.0 Å². The van der Waals surface area contributed by atoms with Crippen molar-refractivity contribution in [3.8, 4) is 0 Å². The summed E-state index contributed by atoms with van der Waals surface area (Å²) in [6.07, 6.45) is -1.97. The van der Waals surface area contributed by atoms with Gasteiger partial charge in [0.15, 0.2) is 6.17 Å². The number of halogens is 1. The van der Waals surface area contributed by atoms with Crippen LogP contribution in [0.25, 0.3) is 0 Å². The Labute approximate surface area is 208 Å². The van der Waals surface area contributed by atoms with E-state index >= 15 is 0 Å². The van der Waals surface area contributed by atoms with Crippen LogP contribution < -0.4 is 11.1 Å². The summed E-state index contributed by atoms with van der Waals surface area (Å²) < 4.78 is 19.2. The lowest BCUT2D eigenvalue weighted by Crippen LogP contribution is -2.53. The van der Waals surface area contributed by atoms with Gasteiger partial charge in [0.1, 0.15) is 12.4 Å². The van der Waals surface area contributed by atoms with Crippen molar-refractivity contribution in [3.63, 3.8) is 0 Å². The van der Waals surface area contributed by atoms with E-state index in [1.54, 1.807) is 0 Å². The lowest BCUT2D eigenvalue weighted by atomic mass is 10.1. The Bertz CT molecular complexity index is 1240. The molecule has 1 fully saturated rings. The van der Waals surface area contributed by atoms with Gasteiger partial charge in [0.25, 0.3) is 11.8 Å². The molecule has 3 amide bonds. The van der Waals surface area contributed by atoms with E-state index in [0.717, 1.165) is 22.8 Å². The highest BCUT2D eigenvalue weighted by molar-refractivity contribution is 5.98. The maximum atomic E-state index is 13.8.